The number of carbonyl (C=O) groups excluding carboxylic acids is 2. The Balaban J connectivity index is 1.27. The number of ether oxygens (including phenoxy) is 2. The van der Waals surface area contributed by atoms with E-state index in [9.17, 15) is 14.0 Å². The van der Waals surface area contributed by atoms with Gasteiger partial charge >= 0.3 is 5.97 Å². The van der Waals surface area contributed by atoms with Crippen molar-refractivity contribution >= 4 is 51.6 Å². The molecule has 1 saturated heterocycles. The van der Waals surface area contributed by atoms with Gasteiger partial charge in [-0.2, -0.15) is 0 Å². The van der Waals surface area contributed by atoms with E-state index in [4.69, 9.17) is 21.1 Å². The molecule has 5 rings (SSSR count). The Kier molecular flexibility index (Phi) is 10.4. The molecule has 1 aromatic heterocycles. The number of anilines is 3. The second-order valence-corrected chi connectivity index (χ2v) is 11.0. The number of nitrogens with one attached hydrogen (secondary N) is 2. The van der Waals surface area contributed by atoms with Crippen LogP contribution in [0.15, 0.2) is 48.8 Å². The van der Waals surface area contributed by atoms with Crippen molar-refractivity contribution in [3.05, 3.63) is 59.7 Å². The fourth-order valence-electron chi connectivity index (χ4n) is 5.28. The summed E-state index contributed by atoms with van der Waals surface area (Å²) in [5.74, 6) is 0.0319. The van der Waals surface area contributed by atoms with E-state index in [2.05, 4.69) is 30.4 Å². The molecule has 2 heterocycles. The predicted molar refractivity (Wildman–Crippen MR) is 164 cm³/mol. The summed E-state index contributed by atoms with van der Waals surface area (Å²) in [6.45, 7) is 6.23. The van der Waals surface area contributed by atoms with Crippen molar-refractivity contribution in [3.63, 3.8) is 0 Å². The van der Waals surface area contributed by atoms with Crippen molar-refractivity contribution < 1.29 is 23.5 Å². The number of halogens is 2. The molecule has 228 valence electrons. The second-order valence-electron chi connectivity index (χ2n) is 10.6. The molecule has 1 amide bonds. The third kappa shape index (κ3) is 8.40. The average Bonchev–Trinajstić information content (AvgIpc) is 3.50. The van der Waals surface area contributed by atoms with Gasteiger partial charge in [-0.25, -0.2) is 14.4 Å². The van der Waals surface area contributed by atoms with E-state index in [1.54, 1.807) is 19.1 Å². The molecule has 0 bridgehead atoms. The Bertz CT molecular complexity index is 1470. The molecular formula is C31H36ClFN6O4. The van der Waals surface area contributed by atoms with Crippen LogP contribution in [0, 0.1) is 5.82 Å². The largest absolute Gasteiger partial charge is 0.488 e. The number of hydrogen-bond donors (Lipinski definition) is 2. The number of carbonyl (C=O) groups is 2. The van der Waals surface area contributed by atoms with Gasteiger partial charge < -0.3 is 20.1 Å². The molecule has 0 radical (unpaired) electrons. The number of amides is 1. The first kappa shape index (κ1) is 30.7. The lowest BCUT2D eigenvalue weighted by Gasteiger charge is -2.33. The minimum atomic E-state index is -0.511. The normalized spacial score (nSPS) is 16.5. The van der Waals surface area contributed by atoms with Gasteiger partial charge in [-0.1, -0.05) is 17.7 Å². The maximum Gasteiger partial charge on any atom is 0.320 e. The van der Waals surface area contributed by atoms with E-state index >= 15 is 0 Å². The molecular weight excluding hydrogens is 575 g/mol. The molecule has 0 unspecified atom stereocenters. The second kappa shape index (κ2) is 14.6. The lowest BCUT2D eigenvalue weighted by Crippen LogP contribution is -2.48. The molecule has 1 aliphatic carbocycles. The Morgan fingerprint density at radius 2 is 1.86 bits per heavy atom. The van der Waals surface area contributed by atoms with Crippen molar-refractivity contribution in [3.8, 4) is 5.75 Å². The predicted octanol–water partition coefficient (Wildman–Crippen LogP) is 5.16. The first-order valence-corrected chi connectivity index (χ1v) is 15.0. The van der Waals surface area contributed by atoms with Crippen molar-refractivity contribution in [2.24, 2.45) is 0 Å². The summed E-state index contributed by atoms with van der Waals surface area (Å²) in [5, 5.41) is 6.80. The van der Waals surface area contributed by atoms with Gasteiger partial charge in [-0.15, -0.1) is 0 Å². The highest BCUT2D eigenvalue weighted by Gasteiger charge is 2.21. The third-order valence-electron chi connectivity index (χ3n) is 7.53. The summed E-state index contributed by atoms with van der Waals surface area (Å²) < 4.78 is 25.1. The quantitative estimate of drug-likeness (QED) is 0.225. The van der Waals surface area contributed by atoms with Gasteiger partial charge in [-0.05, 0) is 56.9 Å². The van der Waals surface area contributed by atoms with Crippen LogP contribution in [0.2, 0.25) is 5.02 Å². The Morgan fingerprint density at radius 3 is 2.60 bits per heavy atom. The van der Waals surface area contributed by atoms with Crippen LogP contribution in [0.25, 0.3) is 10.9 Å². The summed E-state index contributed by atoms with van der Waals surface area (Å²) in [7, 11) is 0. The van der Waals surface area contributed by atoms with Crippen LogP contribution in [-0.2, 0) is 14.3 Å². The smallest absolute Gasteiger partial charge is 0.320 e. The summed E-state index contributed by atoms with van der Waals surface area (Å²) in [6, 6.07) is 7.94. The van der Waals surface area contributed by atoms with Crippen LogP contribution in [0.3, 0.4) is 0 Å². The van der Waals surface area contributed by atoms with Crippen LogP contribution in [0.5, 0.6) is 5.75 Å². The molecule has 2 aromatic carbocycles. The molecule has 43 heavy (non-hydrogen) atoms. The highest BCUT2D eigenvalue weighted by molar-refractivity contribution is 6.31. The van der Waals surface area contributed by atoms with Gasteiger partial charge in [0.25, 0.3) is 0 Å². The fraction of sp³-hybridized carbons (Fsp3) is 0.419. The van der Waals surface area contributed by atoms with E-state index in [1.165, 1.54) is 24.5 Å². The van der Waals surface area contributed by atoms with Gasteiger partial charge in [0, 0.05) is 55.9 Å². The zero-order valence-corrected chi connectivity index (χ0v) is 24.9. The zero-order chi connectivity index (χ0) is 30.2. The molecule has 2 aliphatic rings. The van der Waals surface area contributed by atoms with Crippen molar-refractivity contribution in [2.45, 2.75) is 38.7 Å². The van der Waals surface area contributed by atoms with Gasteiger partial charge in [0.2, 0.25) is 5.91 Å². The molecule has 0 atom stereocenters. The minimum absolute atomic E-state index is 0.00564. The molecule has 3 aromatic rings. The van der Waals surface area contributed by atoms with Gasteiger partial charge in [0.1, 0.15) is 23.7 Å². The molecule has 2 N–H and O–H groups in total. The highest BCUT2D eigenvalue weighted by Crippen LogP contribution is 2.36. The summed E-state index contributed by atoms with van der Waals surface area (Å²) >= 11 is 5.97. The SMILES string of the molecule is CCOC(=O)CN1CCN(CC=CC(=O)Nc2cc3c(Nc4ccc(F)c(Cl)c4)ncnc3cc2OC2CCCC2)CC1. The number of benzene rings is 2. The maximum atomic E-state index is 13.7. The number of fused-ring (bicyclic) bond motifs is 1. The summed E-state index contributed by atoms with van der Waals surface area (Å²) in [6.07, 6.45) is 9.01. The highest BCUT2D eigenvalue weighted by atomic mass is 35.5. The molecule has 1 aliphatic heterocycles. The minimum Gasteiger partial charge on any atom is -0.488 e. The topological polar surface area (TPSA) is 109 Å². The molecule has 0 spiro atoms. The summed E-state index contributed by atoms with van der Waals surface area (Å²) in [4.78, 5) is 37.9. The number of rotatable bonds is 11. The van der Waals surface area contributed by atoms with E-state index in [1.807, 2.05) is 12.1 Å². The number of piperazine rings is 1. The number of esters is 1. The number of nitrogens with zero attached hydrogens (tertiary/aromatic N) is 4. The van der Waals surface area contributed by atoms with Gasteiger partial charge in [-0.3, -0.25) is 19.4 Å². The first-order chi connectivity index (χ1) is 20.9. The molecule has 10 nitrogen and oxygen atoms in total. The lowest BCUT2D eigenvalue weighted by atomic mass is 10.1. The average molecular weight is 611 g/mol. The third-order valence-corrected chi connectivity index (χ3v) is 7.82. The Morgan fingerprint density at radius 1 is 1.09 bits per heavy atom. The van der Waals surface area contributed by atoms with Crippen LogP contribution < -0.4 is 15.4 Å². The summed E-state index contributed by atoms with van der Waals surface area (Å²) in [5.41, 5.74) is 1.71. The number of aromatic nitrogens is 2. The van der Waals surface area contributed by atoms with E-state index in [-0.39, 0.29) is 23.0 Å². The van der Waals surface area contributed by atoms with Crippen molar-refractivity contribution in [2.75, 3.05) is 56.5 Å². The van der Waals surface area contributed by atoms with E-state index in [0.717, 1.165) is 51.9 Å². The lowest BCUT2D eigenvalue weighted by molar-refractivity contribution is -0.144. The number of hydrogen-bond acceptors (Lipinski definition) is 9. The monoisotopic (exact) mass is 610 g/mol. The van der Waals surface area contributed by atoms with Crippen LogP contribution in [0.4, 0.5) is 21.6 Å². The van der Waals surface area contributed by atoms with E-state index in [0.29, 0.717) is 53.5 Å². The van der Waals surface area contributed by atoms with Gasteiger partial charge in [0.05, 0.1) is 35.5 Å². The fourth-order valence-corrected chi connectivity index (χ4v) is 5.46. The van der Waals surface area contributed by atoms with Crippen molar-refractivity contribution in [1.29, 1.82) is 0 Å². The standard InChI is InChI=1S/C31H36ClFN6O4/c1-2-42-30(41)19-39-14-12-38(13-15-39)11-5-8-29(40)37-27-17-23-26(18-28(27)43-22-6-3-4-7-22)34-20-35-31(23)36-21-9-10-25(33)24(32)16-21/h5,8-10,16-18,20,22H,2-4,6-7,11-15,19H2,1H3,(H,37,40)(H,34,35,36). The van der Waals surface area contributed by atoms with Crippen molar-refractivity contribution in [1.82, 2.24) is 19.8 Å². The van der Waals surface area contributed by atoms with Crippen LogP contribution >= 0.6 is 11.6 Å². The molecule has 2 fully saturated rings. The Labute approximate surface area is 255 Å². The maximum absolute atomic E-state index is 13.7. The van der Waals surface area contributed by atoms with Gasteiger partial charge in [0.15, 0.2) is 0 Å². The first-order valence-electron chi connectivity index (χ1n) is 14.6. The van der Waals surface area contributed by atoms with E-state index < -0.39 is 5.82 Å². The zero-order valence-electron chi connectivity index (χ0n) is 24.2. The van der Waals surface area contributed by atoms with Crippen LogP contribution in [-0.4, -0.2) is 83.6 Å². The Hall–Kier alpha value is -3.80. The van der Waals surface area contributed by atoms with Crippen LogP contribution in [0.1, 0.15) is 32.6 Å². The molecule has 1 saturated carbocycles. The molecule has 12 heteroatoms.